The minimum Gasteiger partial charge on any atom is -0.351 e. The highest BCUT2D eigenvalue weighted by atomic mass is 35.5. The molecule has 0 bridgehead atoms. The molecule has 0 aliphatic carbocycles. The van der Waals surface area contributed by atoms with Crippen molar-refractivity contribution in [3.8, 4) is 0 Å². The highest BCUT2D eigenvalue weighted by molar-refractivity contribution is 6.31. The lowest BCUT2D eigenvalue weighted by Crippen LogP contribution is -2.50. The zero-order valence-electron chi connectivity index (χ0n) is 14.4. The Morgan fingerprint density at radius 1 is 0.778 bits per heavy atom. The lowest BCUT2D eigenvalue weighted by molar-refractivity contribution is 0.0533. The van der Waals surface area contributed by atoms with Crippen molar-refractivity contribution in [3.63, 3.8) is 0 Å². The second-order valence-corrected chi connectivity index (χ2v) is 7.38. The summed E-state index contributed by atoms with van der Waals surface area (Å²) in [6.07, 6.45) is 0. The second-order valence-electron chi connectivity index (χ2n) is 6.51. The fraction of sp³-hybridized carbons (Fsp3) is 0.200. The van der Waals surface area contributed by atoms with Gasteiger partial charge in [-0.25, -0.2) is 0 Å². The van der Waals surface area contributed by atoms with Crippen LogP contribution >= 0.6 is 23.2 Å². The van der Waals surface area contributed by atoms with Gasteiger partial charge in [0.1, 0.15) is 5.69 Å². The van der Waals surface area contributed by atoms with Gasteiger partial charge >= 0.3 is 0 Å². The Kier molecular flexibility index (Phi) is 4.81. The molecule has 138 valence electrons. The molecule has 5 nitrogen and oxygen atoms in total. The second kappa shape index (κ2) is 7.25. The van der Waals surface area contributed by atoms with E-state index < -0.39 is 0 Å². The van der Waals surface area contributed by atoms with Crippen molar-refractivity contribution in [2.75, 3.05) is 26.2 Å². The molecule has 2 aromatic carbocycles. The van der Waals surface area contributed by atoms with Crippen LogP contribution in [0.1, 0.15) is 20.8 Å². The molecule has 0 spiro atoms. The maximum Gasteiger partial charge on any atom is 0.270 e. The summed E-state index contributed by atoms with van der Waals surface area (Å²) >= 11 is 11.9. The molecule has 0 radical (unpaired) electrons. The van der Waals surface area contributed by atoms with Gasteiger partial charge in [0.15, 0.2) is 0 Å². The number of H-pyrrole nitrogens is 1. The number of aromatic amines is 1. The Labute approximate surface area is 166 Å². The lowest BCUT2D eigenvalue weighted by atomic mass is 10.2. The van der Waals surface area contributed by atoms with Crippen molar-refractivity contribution in [1.82, 2.24) is 14.8 Å². The zero-order valence-corrected chi connectivity index (χ0v) is 15.9. The fourth-order valence-corrected chi connectivity index (χ4v) is 3.58. The van der Waals surface area contributed by atoms with Gasteiger partial charge in [-0.3, -0.25) is 9.59 Å². The van der Waals surface area contributed by atoms with Crippen LogP contribution in [0.2, 0.25) is 10.0 Å². The Balaban J connectivity index is 1.42. The summed E-state index contributed by atoms with van der Waals surface area (Å²) in [4.78, 5) is 32.0. The van der Waals surface area contributed by atoms with E-state index in [2.05, 4.69) is 4.98 Å². The summed E-state index contributed by atoms with van der Waals surface area (Å²) in [5, 5.41) is 2.14. The number of carbonyl (C=O) groups is 2. The average Bonchev–Trinajstić information content (AvgIpc) is 3.11. The predicted octanol–water partition coefficient (Wildman–Crippen LogP) is 4.07. The van der Waals surface area contributed by atoms with Gasteiger partial charge in [0.25, 0.3) is 11.8 Å². The first-order valence-electron chi connectivity index (χ1n) is 8.64. The van der Waals surface area contributed by atoms with Crippen LogP contribution in [0.4, 0.5) is 0 Å². The summed E-state index contributed by atoms with van der Waals surface area (Å²) in [7, 11) is 0. The number of piperazine rings is 1. The summed E-state index contributed by atoms with van der Waals surface area (Å²) in [6.45, 7) is 1.99. The first-order chi connectivity index (χ1) is 13.0. The molecule has 3 aromatic rings. The number of aromatic nitrogens is 1. The molecule has 1 aromatic heterocycles. The summed E-state index contributed by atoms with van der Waals surface area (Å²) < 4.78 is 0. The van der Waals surface area contributed by atoms with E-state index in [9.17, 15) is 9.59 Å². The highest BCUT2D eigenvalue weighted by Gasteiger charge is 2.26. The summed E-state index contributed by atoms with van der Waals surface area (Å²) in [5.74, 6) is -0.111. The van der Waals surface area contributed by atoms with Crippen LogP contribution < -0.4 is 0 Å². The van der Waals surface area contributed by atoms with Crippen LogP contribution in [0.5, 0.6) is 0 Å². The molecular weight excluding hydrogens is 385 g/mol. The number of amides is 2. The first kappa shape index (κ1) is 17.9. The number of rotatable bonds is 2. The number of benzene rings is 2. The van der Waals surface area contributed by atoms with Crippen molar-refractivity contribution >= 4 is 45.9 Å². The molecule has 1 saturated heterocycles. The smallest absolute Gasteiger partial charge is 0.270 e. The van der Waals surface area contributed by atoms with E-state index in [4.69, 9.17) is 23.2 Å². The molecule has 4 rings (SSSR count). The van der Waals surface area contributed by atoms with Gasteiger partial charge in [-0.1, -0.05) is 23.2 Å². The zero-order chi connectivity index (χ0) is 19.0. The van der Waals surface area contributed by atoms with E-state index in [1.807, 2.05) is 18.2 Å². The Bertz CT molecular complexity index is 1010. The molecule has 1 aliphatic heterocycles. The fourth-order valence-electron chi connectivity index (χ4n) is 3.28. The molecule has 0 atom stereocenters. The van der Waals surface area contributed by atoms with E-state index in [1.165, 1.54) is 0 Å². The largest absolute Gasteiger partial charge is 0.351 e. The summed E-state index contributed by atoms with van der Waals surface area (Å²) in [5.41, 5.74) is 2.01. The van der Waals surface area contributed by atoms with E-state index in [0.29, 0.717) is 47.5 Å². The molecule has 0 saturated carbocycles. The van der Waals surface area contributed by atoms with Crippen LogP contribution in [-0.2, 0) is 0 Å². The van der Waals surface area contributed by atoms with Crippen molar-refractivity contribution < 1.29 is 9.59 Å². The number of halogens is 2. The number of nitrogens with zero attached hydrogens (tertiary/aromatic N) is 2. The van der Waals surface area contributed by atoms with E-state index in [-0.39, 0.29) is 11.8 Å². The third kappa shape index (κ3) is 3.66. The molecule has 2 amide bonds. The molecule has 7 heteroatoms. The topological polar surface area (TPSA) is 56.4 Å². The number of fused-ring (bicyclic) bond motifs is 1. The number of hydrogen-bond acceptors (Lipinski definition) is 2. The molecule has 1 N–H and O–H groups in total. The Hall–Kier alpha value is -2.50. The van der Waals surface area contributed by atoms with Gasteiger partial charge in [-0.2, -0.15) is 0 Å². The van der Waals surface area contributed by atoms with Crippen molar-refractivity contribution in [2.45, 2.75) is 0 Å². The van der Waals surface area contributed by atoms with Crippen LogP contribution in [0, 0.1) is 0 Å². The lowest BCUT2D eigenvalue weighted by Gasteiger charge is -2.34. The van der Waals surface area contributed by atoms with Crippen molar-refractivity contribution in [3.05, 3.63) is 69.8 Å². The molecule has 27 heavy (non-hydrogen) atoms. The van der Waals surface area contributed by atoms with Crippen LogP contribution in [0.25, 0.3) is 10.9 Å². The van der Waals surface area contributed by atoms with E-state index in [0.717, 1.165) is 10.9 Å². The average molecular weight is 402 g/mol. The van der Waals surface area contributed by atoms with Crippen LogP contribution in [-0.4, -0.2) is 52.8 Å². The quantitative estimate of drug-likeness (QED) is 0.703. The van der Waals surface area contributed by atoms with Gasteiger partial charge in [-0.05, 0) is 48.5 Å². The molecular formula is C20H17Cl2N3O2. The van der Waals surface area contributed by atoms with Crippen LogP contribution in [0.15, 0.2) is 48.5 Å². The predicted molar refractivity (Wildman–Crippen MR) is 107 cm³/mol. The molecule has 1 fully saturated rings. The maximum absolute atomic E-state index is 12.8. The molecule has 1 aliphatic rings. The van der Waals surface area contributed by atoms with Gasteiger partial charge in [-0.15, -0.1) is 0 Å². The van der Waals surface area contributed by atoms with Gasteiger partial charge in [0.05, 0.1) is 0 Å². The Morgan fingerprint density at radius 2 is 1.37 bits per heavy atom. The monoisotopic (exact) mass is 401 g/mol. The number of nitrogens with one attached hydrogen (secondary N) is 1. The van der Waals surface area contributed by atoms with Crippen LogP contribution in [0.3, 0.4) is 0 Å². The first-order valence-corrected chi connectivity index (χ1v) is 9.39. The van der Waals surface area contributed by atoms with Crippen molar-refractivity contribution in [2.24, 2.45) is 0 Å². The number of carbonyl (C=O) groups excluding carboxylic acids is 2. The summed E-state index contributed by atoms with van der Waals surface area (Å²) in [6, 6.07) is 14.1. The molecule has 2 heterocycles. The third-order valence-corrected chi connectivity index (χ3v) is 5.25. The molecule has 0 unspecified atom stereocenters. The van der Waals surface area contributed by atoms with Gasteiger partial charge in [0, 0.05) is 52.7 Å². The normalized spacial score (nSPS) is 14.6. The highest BCUT2D eigenvalue weighted by Crippen LogP contribution is 2.21. The third-order valence-electron chi connectivity index (χ3n) is 4.76. The minimum absolute atomic E-state index is 0.0426. The maximum atomic E-state index is 12.8. The standard InChI is InChI=1S/C20H17Cl2N3O2/c21-15-3-1-13(2-4-15)19(26)24-7-9-25(10-8-24)20(27)18-12-14-11-16(22)5-6-17(14)23-18/h1-6,11-12,23H,7-10H2. The van der Waals surface area contributed by atoms with E-state index >= 15 is 0 Å². The van der Waals surface area contributed by atoms with E-state index in [1.54, 1.807) is 40.1 Å². The minimum atomic E-state index is -0.0686. The number of hydrogen-bond donors (Lipinski definition) is 1. The van der Waals surface area contributed by atoms with Gasteiger partial charge < -0.3 is 14.8 Å². The van der Waals surface area contributed by atoms with Crippen molar-refractivity contribution in [1.29, 1.82) is 0 Å². The SMILES string of the molecule is O=C(c1ccc(Cl)cc1)N1CCN(C(=O)c2cc3cc(Cl)ccc3[nH]2)CC1. The van der Waals surface area contributed by atoms with Gasteiger partial charge in [0.2, 0.25) is 0 Å². The Morgan fingerprint density at radius 3 is 2.04 bits per heavy atom.